The number of aromatic nitrogens is 1. The maximum Gasteiger partial charge on any atom is 0.573 e. The quantitative estimate of drug-likeness (QED) is 0.634. The number of anilines is 1. The van der Waals surface area contributed by atoms with Crippen LogP contribution in [0.5, 0.6) is 5.75 Å². The van der Waals surface area contributed by atoms with Crippen molar-refractivity contribution in [2.75, 3.05) is 5.43 Å². The van der Waals surface area contributed by atoms with Crippen molar-refractivity contribution < 1.29 is 17.9 Å². The molecule has 2 aromatic rings. The molecule has 0 unspecified atom stereocenters. The number of nitrogens with two attached hydrogens (primary N) is 1. The Labute approximate surface area is 91.8 Å². The molecular weight excluding hydrogens is 243 g/mol. The summed E-state index contributed by atoms with van der Waals surface area (Å²) >= 11 is 1.14. The predicted molar refractivity (Wildman–Crippen MR) is 54.1 cm³/mol. The van der Waals surface area contributed by atoms with Crippen LogP contribution in [0.15, 0.2) is 18.2 Å². The Balaban J connectivity index is 2.48. The van der Waals surface area contributed by atoms with Crippen molar-refractivity contribution in [3.05, 3.63) is 18.2 Å². The van der Waals surface area contributed by atoms with E-state index in [9.17, 15) is 13.2 Å². The number of hydrazine groups is 1. The van der Waals surface area contributed by atoms with Crippen LogP contribution in [-0.2, 0) is 0 Å². The van der Waals surface area contributed by atoms with Crippen LogP contribution < -0.4 is 16.0 Å². The van der Waals surface area contributed by atoms with Gasteiger partial charge in [0.25, 0.3) is 0 Å². The van der Waals surface area contributed by atoms with Gasteiger partial charge in [-0.2, -0.15) is 0 Å². The van der Waals surface area contributed by atoms with E-state index in [1.165, 1.54) is 12.1 Å². The van der Waals surface area contributed by atoms with Gasteiger partial charge in [0, 0.05) is 0 Å². The van der Waals surface area contributed by atoms with Gasteiger partial charge in [-0.1, -0.05) is 17.4 Å². The summed E-state index contributed by atoms with van der Waals surface area (Å²) < 4.78 is 40.6. The lowest BCUT2D eigenvalue weighted by Gasteiger charge is -2.08. The second-order valence-electron chi connectivity index (χ2n) is 2.81. The molecule has 0 radical (unpaired) electrons. The number of hydrogen-bond donors (Lipinski definition) is 2. The fourth-order valence-corrected chi connectivity index (χ4v) is 1.99. The number of alkyl halides is 3. The highest BCUT2D eigenvalue weighted by molar-refractivity contribution is 7.22. The summed E-state index contributed by atoms with van der Waals surface area (Å²) in [4.78, 5) is 3.87. The van der Waals surface area contributed by atoms with E-state index in [1.54, 1.807) is 6.07 Å². The Morgan fingerprint density at radius 3 is 2.75 bits per heavy atom. The zero-order chi connectivity index (χ0) is 11.8. The maximum atomic E-state index is 12.1. The van der Waals surface area contributed by atoms with E-state index in [2.05, 4.69) is 15.1 Å². The zero-order valence-electron chi connectivity index (χ0n) is 7.71. The second-order valence-corrected chi connectivity index (χ2v) is 3.84. The smallest absolute Gasteiger partial charge is 0.403 e. The number of hydrogen-bond acceptors (Lipinski definition) is 5. The molecule has 0 saturated heterocycles. The summed E-state index contributed by atoms with van der Waals surface area (Å²) in [7, 11) is 0. The Morgan fingerprint density at radius 1 is 1.38 bits per heavy atom. The number of nitrogen functional groups attached to an aromatic ring is 1. The summed E-state index contributed by atoms with van der Waals surface area (Å²) in [6, 6.07) is 4.30. The Hall–Kier alpha value is -1.54. The molecule has 3 N–H and O–H groups in total. The third-order valence-corrected chi connectivity index (χ3v) is 2.68. The van der Waals surface area contributed by atoms with E-state index in [0.29, 0.717) is 9.83 Å². The highest BCUT2D eigenvalue weighted by Gasteiger charge is 2.32. The number of fused-ring (bicyclic) bond motifs is 1. The molecule has 1 aromatic carbocycles. The van der Waals surface area contributed by atoms with E-state index >= 15 is 0 Å². The normalized spacial score (nSPS) is 11.8. The molecule has 1 aromatic heterocycles. The molecule has 16 heavy (non-hydrogen) atoms. The first-order valence-electron chi connectivity index (χ1n) is 4.11. The molecule has 1 heterocycles. The minimum absolute atomic E-state index is 0.137. The number of benzene rings is 1. The number of ether oxygens (including phenoxy) is 1. The lowest BCUT2D eigenvalue weighted by molar-refractivity contribution is -0.274. The third-order valence-electron chi connectivity index (χ3n) is 1.73. The van der Waals surface area contributed by atoms with Crippen molar-refractivity contribution in [3.8, 4) is 5.75 Å². The predicted octanol–water partition coefficient (Wildman–Crippen LogP) is 2.48. The molecule has 8 heteroatoms. The first-order valence-corrected chi connectivity index (χ1v) is 4.93. The van der Waals surface area contributed by atoms with Crippen LogP contribution >= 0.6 is 11.3 Å². The summed E-state index contributed by atoms with van der Waals surface area (Å²) in [5, 5.41) is 0.327. The molecule has 86 valence electrons. The van der Waals surface area contributed by atoms with Crippen LogP contribution in [0, 0.1) is 0 Å². The Kier molecular flexibility index (Phi) is 2.60. The number of nitrogens with one attached hydrogen (secondary N) is 1. The van der Waals surface area contributed by atoms with Crippen LogP contribution in [0.3, 0.4) is 0 Å². The van der Waals surface area contributed by atoms with Gasteiger partial charge in [-0.25, -0.2) is 10.8 Å². The Bertz CT molecular complexity index is 511. The monoisotopic (exact) mass is 249 g/mol. The van der Waals surface area contributed by atoms with Gasteiger partial charge in [-0.15, -0.1) is 13.2 Å². The van der Waals surface area contributed by atoms with Crippen molar-refractivity contribution in [3.63, 3.8) is 0 Å². The lowest BCUT2D eigenvalue weighted by Crippen LogP contribution is -2.17. The molecule has 0 bridgehead atoms. The minimum atomic E-state index is -4.73. The van der Waals surface area contributed by atoms with Gasteiger partial charge in [0.15, 0.2) is 10.9 Å². The average Bonchev–Trinajstić information content (AvgIpc) is 2.59. The number of nitrogens with zero attached hydrogens (tertiary/aromatic N) is 1. The van der Waals surface area contributed by atoms with E-state index in [1.807, 2.05) is 0 Å². The second kappa shape index (κ2) is 3.80. The minimum Gasteiger partial charge on any atom is -0.403 e. The first kappa shape index (κ1) is 11.0. The molecule has 0 spiro atoms. The van der Waals surface area contributed by atoms with E-state index < -0.39 is 6.36 Å². The Morgan fingerprint density at radius 2 is 2.12 bits per heavy atom. The lowest BCUT2D eigenvalue weighted by atomic mass is 10.3. The summed E-state index contributed by atoms with van der Waals surface area (Å²) in [6.07, 6.45) is -4.73. The zero-order valence-corrected chi connectivity index (χ0v) is 8.52. The SMILES string of the molecule is NNc1nc2c(OC(F)(F)F)cccc2s1. The van der Waals surface area contributed by atoms with Crippen molar-refractivity contribution in [1.82, 2.24) is 4.98 Å². The van der Waals surface area contributed by atoms with E-state index in [0.717, 1.165) is 11.3 Å². The average molecular weight is 249 g/mol. The van der Waals surface area contributed by atoms with Gasteiger partial charge in [0.2, 0.25) is 0 Å². The number of rotatable bonds is 2. The maximum absolute atomic E-state index is 12.1. The highest BCUT2D eigenvalue weighted by atomic mass is 32.1. The molecule has 0 aliphatic heterocycles. The summed E-state index contributed by atoms with van der Waals surface area (Å²) in [6.45, 7) is 0. The van der Waals surface area contributed by atoms with Gasteiger partial charge in [-0.3, -0.25) is 5.43 Å². The summed E-state index contributed by atoms with van der Waals surface area (Å²) in [5.74, 6) is 4.80. The molecule has 0 fully saturated rings. The number of halogens is 3. The molecule has 0 atom stereocenters. The van der Waals surface area contributed by atoms with E-state index in [4.69, 9.17) is 5.84 Å². The van der Waals surface area contributed by atoms with Crippen molar-refractivity contribution in [2.45, 2.75) is 6.36 Å². The van der Waals surface area contributed by atoms with Crippen molar-refractivity contribution >= 4 is 26.7 Å². The van der Waals surface area contributed by atoms with Crippen molar-refractivity contribution in [1.29, 1.82) is 0 Å². The van der Waals surface area contributed by atoms with Crippen LogP contribution in [0.25, 0.3) is 10.2 Å². The van der Waals surface area contributed by atoms with Crippen LogP contribution in [0.1, 0.15) is 0 Å². The topological polar surface area (TPSA) is 60.2 Å². The van der Waals surface area contributed by atoms with Gasteiger partial charge >= 0.3 is 6.36 Å². The number of para-hydroxylation sites is 1. The third kappa shape index (κ3) is 2.17. The van der Waals surface area contributed by atoms with Crippen LogP contribution in [-0.4, -0.2) is 11.3 Å². The summed E-state index contributed by atoms with van der Waals surface area (Å²) in [5.41, 5.74) is 2.41. The largest absolute Gasteiger partial charge is 0.573 e. The van der Waals surface area contributed by atoms with Gasteiger partial charge in [-0.05, 0) is 12.1 Å². The molecular formula is C8H6F3N3OS. The number of thiazole rings is 1. The fourth-order valence-electron chi connectivity index (χ4n) is 1.19. The fraction of sp³-hybridized carbons (Fsp3) is 0.125. The molecule has 4 nitrogen and oxygen atoms in total. The molecule has 0 amide bonds. The molecule has 2 rings (SSSR count). The van der Waals surface area contributed by atoms with Gasteiger partial charge in [0.1, 0.15) is 5.52 Å². The van der Waals surface area contributed by atoms with Crippen LogP contribution in [0.4, 0.5) is 18.3 Å². The van der Waals surface area contributed by atoms with Crippen molar-refractivity contribution in [2.24, 2.45) is 5.84 Å². The highest BCUT2D eigenvalue weighted by Crippen LogP contribution is 2.34. The standard InChI is InChI=1S/C8H6F3N3OS/c9-8(10,11)15-4-2-1-3-5-6(4)13-7(14-12)16-5/h1-3H,12H2,(H,13,14). The molecule has 0 saturated carbocycles. The molecule has 0 aliphatic carbocycles. The first-order chi connectivity index (χ1) is 7.49. The van der Waals surface area contributed by atoms with E-state index in [-0.39, 0.29) is 11.3 Å². The van der Waals surface area contributed by atoms with Gasteiger partial charge < -0.3 is 4.74 Å². The van der Waals surface area contributed by atoms with Gasteiger partial charge in [0.05, 0.1) is 4.70 Å². The van der Waals surface area contributed by atoms with Crippen LogP contribution in [0.2, 0.25) is 0 Å². The molecule has 0 aliphatic rings.